The Balaban J connectivity index is 2.47. The molecule has 1 aliphatic heterocycles. The van der Waals surface area contributed by atoms with Crippen molar-refractivity contribution in [3.63, 3.8) is 0 Å². The summed E-state index contributed by atoms with van der Waals surface area (Å²) in [6.45, 7) is 0.205. The van der Waals surface area contributed by atoms with Crippen molar-refractivity contribution in [2.24, 2.45) is 0 Å². The molecule has 0 saturated heterocycles. The molecule has 14 heavy (non-hydrogen) atoms. The molecule has 1 heterocycles. The topological polar surface area (TPSA) is 61.8 Å². The maximum Gasteiger partial charge on any atom is 0.309 e. The highest BCUT2D eigenvalue weighted by atomic mass is 16.5. The van der Waals surface area contributed by atoms with Crippen LogP contribution in [0.3, 0.4) is 0 Å². The van der Waals surface area contributed by atoms with Crippen molar-refractivity contribution in [1.29, 1.82) is 0 Å². The van der Waals surface area contributed by atoms with E-state index in [2.05, 4.69) is 4.74 Å². The van der Waals surface area contributed by atoms with Gasteiger partial charge >= 0.3 is 5.97 Å². The zero-order chi connectivity index (χ0) is 10.6. The summed E-state index contributed by atoms with van der Waals surface area (Å²) >= 11 is 0. The fourth-order valence-electron chi connectivity index (χ4n) is 1.13. The second-order valence-electron chi connectivity index (χ2n) is 2.85. The Kier molecular flexibility index (Phi) is 3.64. The van der Waals surface area contributed by atoms with Gasteiger partial charge < -0.3 is 14.2 Å². The number of hydrogen-bond acceptors (Lipinski definition) is 5. The Morgan fingerprint density at radius 2 is 2.29 bits per heavy atom. The van der Waals surface area contributed by atoms with Gasteiger partial charge in [0.1, 0.15) is 0 Å². The Morgan fingerprint density at radius 1 is 1.57 bits per heavy atom. The highest BCUT2D eigenvalue weighted by Crippen LogP contribution is 2.17. The van der Waals surface area contributed by atoms with Crippen LogP contribution in [0.2, 0.25) is 0 Å². The van der Waals surface area contributed by atoms with Crippen LogP contribution in [0.25, 0.3) is 0 Å². The molecule has 1 aliphatic rings. The molecule has 0 aromatic carbocycles. The Labute approximate surface area is 81.6 Å². The first-order chi connectivity index (χ1) is 6.69. The molecule has 0 bridgehead atoms. The molecule has 0 aromatic heterocycles. The lowest BCUT2D eigenvalue weighted by Gasteiger charge is -2.06. The van der Waals surface area contributed by atoms with Gasteiger partial charge in [-0.05, 0) is 0 Å². The maximum absolute atomic E-state index is 11.5. The Morgan fingerprint density at radius 3 is 2.86 bits per heavy atom. The zero-order valence-electron chi connectivity index (χ0n) is 8.11. The first-order valence-corrected chi connectivity index (χ1v) is 4.13. The molecule has 5 heteroatoms. The first kappa shape index (κ1) is 10.7. The van der Waals surface area contributed by atoms with Gasteiger partial charge in [-0.25, -0.2) is 0 Å². The number of carbonyl (C=O) groups excluding carboxylic acids is 2. The van der Waals surface area contributed by atoms with E-state index in [-0.39, 0.29) is 18.8 Å². The summed E-state index contributed by atoms with van der Waals surface area (Å²) in [6.07, 6.45) is 0.533. The van der Waals surface area contributed by atoms with Crippen molar-refractivity contribution in [2.75, 3.05) is 20.8 Å². The molecule has 1 unspecified atom stereocenters. The van der Waals surface area contributed by atoms with Crippen LogP contribution in [0.4, 0.5) is 0 Å². The minimum absolute atomic E-state index is 0.0565. The fraction of sp³-hybridized carbons (Fsp3) is 0.556. The Bertz CT molecular complexity index is 268. The monoisotopic (exact) mass is 200 g/mol. The van der Waals surface area contributed by atoms with Crippen LogP contribution >= 0.6 is 0 Å². The van der Waals surface area contributed by atoms with Crippen LogP contribution in [0, 0.1) is 0 Å². The van der Waals surface area contributed by atoms with Crippen molar-refractivity contribution < 1.29 is 23.8 Å². The van der Waals surface area contributed by atoms with Crippen LogP contribution in [0.1, 0.15) is 6.42 Å². The maximum atomic E-state index is 11.5. The predicted octanol–water partition coefficient (Wildman–Crippen LogP) is 0.0477. The lowest BCUT2D eigenvalue weighted by molar-refractivity contribution is -0.144. The first-order valence-electron chi connectivity index (χ1n) is 4.13. The highest BCUT2D eigenvalue weighted by molar-refractivity contribution is 6.02. The van der Waals surface area contributed by atoms with Crippen LogP contribution in [0.5, 0.6) is 0 Å². The number of esters is 1. The average molecular weight is 200 g/mol. The fourth-order valence-corrected chi connectivity index (χ4v) is 1.13. The van der Waals surface area contributed by atoms with E-state index in [1.165, 1.54) is 20.5 Å². The van der Waals surface area contributed by atoms with Gasteiger partial charge in [0.2, 0.25) is 5.78 Å². The van der Waals surface area contributed by atoms with E-state index in [1.54, 1.807) is 0 Å². The summed E-state index contributed by atoms with van der Waals surface area (Å²) in [6, 6.07) is 0. The molecule has 0 saturated carbocycles. The quantitative estimate of drug-likeness (QED) is 0.600. The number of ether oxygens (including phenoxy) is 3. The van der Waals surface area contributed by atoms with Crippen LogP contribution in [-0.4, -0.2) is 38.7 Å². The summed E-state index contributed by atoms with van der Waals surface area (Å²) in [7, 11) is 2.76. The summed E-state index contributed by atoms with van der Waals surface area (Å²) in [4.78, 5) is 22.3. The lowest BCUT2D eigenvalue weighted by atomic mass is 10.1. The zero-order valence-corrected chi connectivity index (χ0v) is 8.11. The molecule has 0 fully saturated rings. The SMILES string of the molecule is COCC1=COC(CC(=O)OC)C1=O. The van der Waals surface area contributed by atoms with E-state index >= 15 is 0 Å². The van der Waals surface area contributed by atoms with Crippen LogP contribution < -0.4 is 0 Å². The van der Waals surface area contributed by atoms with Gasteiger partial charge in [-0.15, -0.1) is 0 Å². The third kappa shape index (κ3) is 2.32. The number of hydrogen-bond donors (Lipinski definition) is 0. The van der Waals surface area contributed by atoms with Crippen molar-refractivity contribution in [2.45, 2.75) is 12.5 Å². The molecule has 0 aromatic rings. The van der Waals surface area contributed by atoms with Gasteiger partial charge in [0, 0.05) is 7.11 Å². The van der Waals surface area contributed by atoms with Gasteiger partial charge in [-0.3, -0.25) is 9.59 Å². The molecular formula is C9H12O5. The van der Waals surface area contributed by atoms with Gasteiger partial charge in [0.05, 0.1) is 32.0 Å². The molecule has 1 atom stereocenters. The number of Topliss-reactive ketones (excluding diaryl/α,β-unsaturated/α-hetero) is 1. The molecule has 0 amide bonds. The van der Waals surface area contributed by atoms with E-state index in [4.69, 9.17) is 9.47 Å². The smallest absolute Gasteiger partial charge is 0.309 e. The van der Waals surface area contributed by atoms with Crippen LogP contribution in [-0.2, 0) is 23.8 Å². The average Bonchev–Trinajstić information content (AvgIpc) is 2.50. The van der Waals surface area contributed by atoms with Crippen molar-refractivity contribution in [1.82, 2.24) is 0 Å². The molecule has 0 aliphatic carbocycles. The highest BCUT2D eigenvalue weighted by Gasteiger charge is 2.31. The van der Waals surface area contributed by atoms with Gasteiger partial charge in [0.25, 0.3) is 0 Å². The standard InChI is InChI=1S/C9H12O5/c1-12-4-6-5-14-7(9(6)11)3-8(10)13-2/h5,7H,3-4H2,1-2H3. The minimum atomic E-state index is -0.743. The molecule has 5 nitrogen and oxygen atoms in total. The van der Waals surface area contributed by atoms with Crippen LogP contribution in [0.15, 0.2) is 11.8 Å². The summed E-state index contributed by atoms with van der Waals surface area (Å²) in [5.74, 6) is -0.673. The van der Waals surface area contributed by atoms with E-state index in [0.29, 0.717) is 5.57 Å². The number of carbonyl (C=O) groups is 2. The number of rotatable bonds is 4. The summed E-state index contributed by atoms with van der Waals surface area (Å²) in [5, 5.41) is 0. The Hall–Kier alpha value is -1.36. The van der Waals surface area contributed by atoms with Crippen molar-refractivity contribution >= 4 is 11.8 Å². The predicted molar refractivity (Wildman–Crippen MR) is 46.5 cm³/mol. The van der Waals surface area contributed by atoms with Gasteiger partial charge in [0.15, 0.2) is 6.10 Å². The molecular weight excluding hydrogens is 188 g/mol. The van der Waals surface area contributed by atoms with Gasteiger partial charge in [-0.2, -0.15) is 0 Å². The third-order valence-electron chi connectivity index (χ3n) is 1.86. The molecule has 78 valence electrons. The molecule has 0 radical (unpaired) electrons. The largest absolute Gasteiger partial charge is 0.489 e. The molecule has 1 rings (SSSR count). The number of ketones is 1. The van der Waals surface area contributed by atoms with E-state index < -0.39 is 12.1 Å². The third-order valence-corrected chi connectivity index (χ3v) is 1.86. The van der Waals surface area contributed by atoms with Crippen molar-refractivity contribution in [3.05, 3.63) is 11.8 Å². The molecule has 0 N–H and O–H groups in total. The molecule has 0 spiro atoms. The van der Waals surface area contributed by atoms with Crippen molar-refractivity contribution in [3.8, 4) is 0 Å². The van der Waals surface area contributed by atoms with E-state index in [1.807, 2.05) is 0 Å². The van der Waals surface area contributed by atoms with E-state index in [0.717, 1.165) is 0 Å². The minimum Gasteiger partial charge on any atom is -0.489 e. The second kappa shape index (κ2) is 4.76. The lowest BCUT2D eigenvalue weighted by Crippen LogP contribution is -2.23. The number of methoxy groups -OCH3 is 2. The summed E-state index contributed by atoms with van der Waals surface area (Å²) in [5.41, 5.74) is 0.446. The normalized spacial score (nSPS) is 20.3. The summed E-state index contributed by atoms with van der Waals surface area (Å²) < 4.78 is 14.2. The van der Waals surface area contributed by atoms with E-state index in [9.17, 15) is 9.59 Å². The second-order valence-corrected chi connectivity index (χ2v) is 2.85. The van der Waals surface area contributed by atoms with Gasteiger partial charge in [-0.1, -0.05) is 0 Å².